The molecule has 3 rings (SSSR count). The summed E-state index contributed by atoms with van der Waals surface area (Å²) in [6.45, 7) is 4.56. The van der Waals surface area contributed by atoms with E-state index in [9.17, 15) is 18.4 Å². The highest BCUT2D eigenvalue weighted by Gasteiger charge is 2.30. The van der Waals surface area contributed by atoms with Crippen LogP contribution in [0.5, 0.6) is 5.75 Å². The molecule has 1 fully saturated rings. The minimum Gasteiger partial charge on any atom is -0.488 e. The SMILES string of the molecule is C=CC(=O)N1CCCC(C(=O)NC2COc3c(F)cc(F)cc3C2)C1. The van der Waals surface area contributed by atoms with Crippen LogP contribution in [-0.4, -0.2) is 42.5 Å². The molecule has 2 heterocycles. The van der Waals surface area contributed by atoms with E-state index >= 15 is 0 Å². The predicted octanol–water partition coefficient (Wildman–Crippen LogP) is 1.81. The monoisotopic (exact) mass is 350 g/mol. The fraction of sp³-hybridized carbons (Fsp3) is 0.444. The molecule has 0 saturated carbocycles. The number of likely N-dealkylation sites (tertiary alicyclic amines) is 1. The highest BCUT2D eigenvalue weighted by molar-refractivity contribution is 5.88. The molecule has 134 valence electrons. The van der Waals surface area contributed by atoms with Gasteiger partial charge in [-0.2, -0.15) is 0 Å². The summed E-state index contributed by atoms with van der Waals surface area (Å²) in [7, 11) is 0. The van der Waals surface area contributed by atoms with E-state index in [1.54, 1.807) is 4.90 Å². The van der Waals surface area contributed by atoms with Crippen LogP contribution in [0.4, 0.5) is 8.78 Å². The molecular weight excluding hydrogens is 330 g/mol. The molecule has 2 amide bonds. The zero-order chi connectivity index (χ0) is 18.0. The second-order valence-electron chi connectivity index (χ2n) is 6.42. The van der Waals surface area contributed by atoms with E-state index in [0.717, 1.165) is 12.5 Å². The van der Waals surface area contributed by atoms with Gasteiger partial charge in [0.1, 0.15) is 12.4 Å². The summed E-state index contributed by atoms with van der Waals surface area (Å²) in [5, 5.41) is 2.87. The number of carbonyl (C=O) groups excluding carboxylic acids is 2. The molecule has 0 spiro atoms. The molecule has 2 atom stereocenters. The largest absolute Gasteiger partial charge is 0.488 e. The molecule has 1 saturated heterocycles. The molecular formula is C18H20F2N2O3. The highest BCUT2D eigenvalue weighted by Crippen LogP contribution is 2.29. The smallest absolute Gasteiger partial charge is 0.245 e. The molecule has 7 heteroatoms. The van der Waals surface area contributed by atoms with Crippen molar-refractivity contribution in [3.05, 3.63) is 42.0 Å². The van der Waals surface area contributed by atoms with Gasteiger partial charge in [-0.3, -0.25) is 9.59 Å². The normalized spacial score (nSPS) is 22.6. The molecule has 1 N–H and O–H groups in total. The summed E-state index contributed by atoms with van der Waals surface area (Å²) in [6.07, 6.45) is 2.99. The van der Waals surface area contributed by atoms with E-state index in [1.165, 1.54) is 12.1 Å². The van der Waals surface area contributed by atoms with Crippen LogP contribution in [0.3, 0.4) is 0 Å². The third-order valence-electron chi connectivity index (χ3n) is 4.61. The van der Waals surface area contributed by atoms with Crippen LogP contribution in [0.1, 0.15) is 18.4 Å². The summed E-state index contributed by atoms with van der Waals surface area (Å²) >= 11 is 0. The van der Waals surface area contributed by atoms with E-state index in [1.807, 2.05) is 0 Å². The zero-order valence-electron chi connectivity index (χ0n) is 13.8. The zero-order valence-corrected chi connectivity index (χ0v) is 13.8. The van der Waals surface area contributed by atoms with Crippen LogP contribution < -0.4 is 10.1 Å². The molecule has 0 aliphatic carbocycles. The second-order valence-corrected chi connectivity index (χ2v) is 6.42. The number of halogens is 2. The Morgan fingerprint density at radius 3 is 2.92 bits per heavy atom. The summed E-state index contributed by atoms with van der Waals surface area (Å²) in [4.78, 5) is 25.8. The van der Waals surface area contributed by atoms with Gasteiger partial charge in [0.2, 0.25) is 11.8 Å². The van der Waals surface area contributed by atoms with Gasteiger partial charge in [0, 0.05) is 24.7 Å². The summed E-state index contributed by atoms with van der Waals surface area (Å²) in [6, 6.07) is 1.65. The van der Waals surface area contributed by atoms with Crippen molar-refractivity contribution >= 4 is 11.8 Å². The first kappa shape index (κ1) is 17.4. The summed E-state index contributed by atoms with van der Waals surface area (Å²) in [5.41, 5.74) is 0.404. The van der Waals surface area contributed by atoms with Crippen molar-refractivity contribution in [3.63, 3.8) is 0 Å². The number of carbonyl (C=O) groups is 2. The third kappa shape index (κ3) is 3.81. The van der Waals surface area contributed by atoms with Gasteiger partial charge < -0.3 is 15.0 Å². The number of rotatable bonds is 3. The Labute approximate surface area is 144 Å². The molecule has 0 bridgehead atoms. The van der Waals surface area contributed by atoms with Gasteiger partial charge in [0.15, 0.2) is 11.6 Å². The first-order chi connectivity index (χ1) is 12.0. The topological polar surface area (TPSA) is 58.6 Å². The van der Waals surface area contributed by atoms with Crippen molar-refractivity contribution in [1.29, 1.82) is 0 Å². The van der Waals surface area contributed by atoms with Gasteiger partial charge in [-0.15, -0.1) is 0 Å². The van der Waals surface area contributed by atoms with Gasteiger partial charge in [-0.1, -0.05) is 6.58 Å². The number of nitrogens with zero attached hydrogens (tertiary/aromatic N) is 1. The maximum absolute atomic E-state index is 13.7. The summed E-state index contributed by atoms with van der Waals surface area (Å²) < 4.78 is 32.4. The van der Waals surface area contributed by atoms with Crippen LogP contribution in [0.15, 0.2) is 24.8 Å². The highest BCUT2D eigenvalue weighted by atomic mass is 19.1. The maximum atomic E-state index is 13.7. The van der Waals surface area contributed by atoms with Gasteiger partial charge in [0.25, 0.3) is 0 Å². The first-order valence-corrected chi connectivity index (χ1v) is 8.30. The van der Waals surface area contributed by atoms with E-state index < -0.39 is 11.6 Å². The molecule has 0 radical (unpaired) electrons. The maximum Gasteiger partial charge on any atom is 0.245 e. The van der Waals surface area contributed by atoms with Gasteiger partial charge in [-0.05, 0) is 31.4 Å². The van der Waals surface area contributed by atoms with Crippen LogP contribution >= 0.6 is 0 Å². The number of nitrogens with one attached hydrogen (secondary N) is 1. The molecule has 1 aromatic rings. The minimum atomic E-state index is -0.731. The lowest BCUT2D eigenvalue weighted by molar-refractivity contribution is -0.132. The lowest BCUT2D eigenvalue weighted by Gasteiger charge is -2.33. The van der Waals surface area contributed by atoms with Crippen LogP contribution in [0.2, 0.25) is 0 Å². The van der Waals surface area contributed by atoms with E-state index in [-0.39, 0.29) is 36.1 Å². The van der Waals surface area contributed by atoms with Gasteiger partial charge in [-0.25, -0.2) is 8.78 Å². The van der Waals surface area contributed by atoms with Crippen molar-refractivity contribution in [2.45, 2.75) is 25.3 Å². The van der Waals surface area contributed by atoms with E-state index in [4.69, 9.17) is 4.74 Å². The van der Waals surface area contributed by atoms with Crippen molar-refractivity contribution in [2.24, 2.45) is 5.92 Å². The number of hydrogen-bond donors (Lipinski definition) is 1. The van der Waals surface area contributed by atoms with Crippen LogP contribution in [0, 0.1) is 17.6 Å². The van der Waals surface area contributed by atoms with Crippen molar-refractivity contribution < 1.29 is 23.1 Å². The molecule has 1 aromatic carbocycles. The molecule has 5 nitrogen and oxygen atoms in total. The molecule has 2 aliphatic heterocycles. The quantitative estimate of drug-likeness (QED) is 0.846. The average Bonchev–Trinajstić information content (AvgIpc) is 2.60. The van der Waals surface area contributed by atoms with Crippen molar-refractivity contribution in [1.82, 2.24) is 10.2 Å². The van der Waals surface area contributed by atoms with E-state index in [0.29, 0.717) is 31.5 Å². The standard InChI is InChI=1S/C18H20F2N2O3/c1-2-16(23)22-5-3-4-11(9-22)18(24)21-14-7-12-6-13(19)8-15(20)17(12)25-10-14/h2,6,8,11,14H,1,3-5,7,9-10H2,(H,21,24). The van der Waals surface area contributed by atoms with Crippen LogP contribution in [-0.2, 0) is 16.0 Å². The van der Waals surface area contributed by atoms with Crippen molar-refractivity contribution in [3.8, 4) is 5.75 Å². The fourth-order valence-corrected chi connectivity index (χ4v) is 3.37. The number of hydrogen-bond acceptors (Lipinski definition) is 3. The Morgan fingerprint density at radius 2 is 2.16 bits per heavy atom. The lowest BCUT2D eigenvalue weighted by atomic mass is 9.95. The number of amides is 2. The number of fused-ring (bicyclic) bond motifs is 1. The molecule has 2 unspecified atom stereocenters. The Balaban J connectivity index is 1.62. The van der Waals surface area contributed by atoms with Crippen LogP contribution in [0.25, 0.3) is 0 Å². The Hall–Kier alpha value is -2.44. The van der Waals surface area contributed by atoms with Crippen molar-refractivity contribution in [2.75, 3.05) is 19.7 Å². The first-order valence-electron chi connectivity index (χ1n) is 8.30. The summed E-state index contributed by atoms with van der Waals surface area (Å²) in [5.74, 6) is -2.01. The second kappa shape index (κ2) is 7.21. The average molecular weight is 350 g/mol. The van der Waals surface area contributed by atoms with E-state index in [2.05, 4.69) is 11.9 Å². The predicted molar refractivity (Wildman–Crippen MR) is 87.0 cm³/mol. The number of benzene rings is 1. The Kier molecular flexibility index (Phi) is 5.01. The molecule has 0 aromatic heterocycles. The van der Waals surface area contributed by atoms with Gasteiger partial charge >= 0.3 is 0 Å². The van der Waals surface area contributed by atoms with Gasteiger partial charge in [0.05, 0.1) is 12.0 Å². The Morgan fingerprint density at radius 1 is 1.36 bits per heavy atom. The minimum absolute atomic E-state index is 0.0484. The molecule has 2 aliphatic rings. The third-order valence-corrected chi connectivity index (χ3v) is 4.61. The number of ether oxygens (including phenoxy) is 1. The molecule has 25 heavy (non-hydrogen) atoms. The lowest BCUT2D eigenvalue weighted by Crippen LogP contribution is -2.49. The number of piperidine rings is 1. The Bertz CT molecular complexity index is 708. The fourth-order valence-electron chi connectivity index (χ4n) is 3.37.